The molecule has 4 rings (SSSR count). The number of rotatable bonds is 2. The van der Waals surface area contributed by atoms with Gasteiger partial charge in [0.1, 0.15) is 17.3 Å². The molecular weight excluding hydrogens is 278 g/mol. The highest BCUT2D eigenvalue weighted by molar-refractivity contribution is 5.64. The molecule has 0 aliphatic carbocycles. The van der Waals surface area contributed by atoms with Crippen molar-refractivity contribution in [1.29, 1.82) is 0 Å². The number of aromatic nitrogens is 3. The highest BCUT2D eigenvalue weighted by Crippen LogP contribution is 2.30. The van der Waals surface area contributed by atoms with Crippen LogP contribution >= 0.6 is 0 Å². The summed E-state index contributed by atoms with van der Waals surface area (Å²) in [4.78, 5) is 10.7. The minimum Gasteiger partial charge on any atom is -0.384 e. The molecule has 1 aliphatic rings. The third kappa shape index (κ3) is 2.18. The van der Waals surface area contributed by atoms with Gasteiger partial charge in [0.05, 0.1) is 6.54 Å². The first-order valence-corrected chi connectivity index (χ1v) is 7.17. The van der Waals surface area contributed by atoms with E-state index in [1.165, 1.54) is 0 Å². The van der Waals surface area contributed by atoms with Crippen LogP contribution in [0.2, 0.25) is 0 Å². The summed E-state index contributed by atoms with van der Waals surface area (Å²) in [5.74, 6) is 2.06. The molecule has 0 atom stereocenters. The monoisotopic (exact) mass is 293 g/mol. The molecule has 0 radical (unpaired) electrons. The fraction of sp³-hybridized carbons (Fsp3) is 0.188. The number of nitrogen functional groups attached to an aromatic ring is 1. The normalized spacial score (nSPS) is 13.9. The molecular formula is C16H15N5O. The number of nitrogens with zero attached hydrogens (tertiary/aromatic N) is 4. The lowest BCUT2D eigenvalue weighted by atomic mass is 10.0. The zero-order valence-corrected chi connectivity index (χ0v) is 11.9. The summed E-state index contributed by atoms with van der Waals surface area (Å²) in [6.07, 6.45) is 2.46. The lowest BCUT2D eigenvalue weighted by Gasteiger charge is -2.26. The first kappa shape index (κ1) is 12.8. The zero-order valence-electron chi connectivity index (χ0n) is 11.9. The van der Waals surface area contributed by atoms with E-state index < -0.39 is 0 Å². The Balaban J connectivity index is 1.70. The SMILES string of the molecule is Nc1ccnc(N2CCc3onc(-c4ccccc4)c3C2)n1. The van der Waals surface area contributed by atoms with Crippen molar-refractivity contribution in [1.82, 2.24) is 15.1 Å². The second kappa shape index (κ2) is 5.14. The Hall–Kier alpha value is -2.89. The molecule has 0 saturated heterocycles. The first-order chi connectivity index (χ1) is 10.8. The Morgan fingerprint density at radius 1 is 1.14 bits per heavy atom. The van der Waals surface area contributed by atoms with E-state index in [4.69, 9.17) is 10.3 Å². The molecule has 1 aliphatic heterocycles. The molecule has 6 heteroatoms. The van der Waals surface area contributed by atoms with Crippen molar-refractivity contribution in [3.8, 4) is 11.3 Å². The smallest absolute Gasteiger partial charge is 0.227 e. The third-order valence-electron chi connectivity index (χ3n) is 3.82. The Kier molecular flexibility index (Phi) is 3.00. The van der Waals surface area contributed by atoms with Crippen LogP contribution in [0.3, 0.4) is 0 Å². The fourth-order valence-electron chi connectivity index (χ4n) is 2.72. The molecule has 0 spiro atoms. The van der Waals surface area contributed by atoms with E-state index in [9.17, 15) is 0 Å². The van der Waals surface area contributed by atoms with E-state index in [0.717, 1.165) is 35.5 Å². The van der Waals surface area contributed by atoms with Crippen LogP contribution in [0.4, 0.5) is 11.8 Å². The van der Waals surface area contributed by atoms with Gasteiger partial charge in [-0.3, -0.25) is 0 Å². The summed E-state index contributed by atoms with van der Waals surface area (Å²) < 4.78 is 5.51. The van der Waals surface area contributed by atoms with E-state index >= 15 is 0 Å². The molecule has 3 aromatic rings. The van der Waals surface area contributed by atoms with Crippen LogP contribution in [0, 0.1) is 0 Å². The van der Waals surface area contributed by atoms with E-state index in [1.807, 2.05) is 30.3 Å². The average Bonchev–Trinajstić information content (AvgIpc) is 2.99. The minimum absolute atomic E-state index is 0.476. The predicted molar refractivity (Wildman–Crippen MR) is 83.1 cm³/mol. The number of benzene rings is 1. The molecule has 0 fully saturated rings. The maximum Gasteiger partial charge on any atom is 0.227 e. The van der Waals surface area contributed by atoms with Gasteiger partial charge in [0.15, 0.2) is 0 Å². The number of hydrogen-bond donors (Lipinski definition) is 1. The largest absolute Gasteiger partial charge is 0.384 e. The highest BCUT2D eigenvalue weighted by Gasteiger charge is 2.26. The van der Waals surface area contributed by atoms with Crippen molar-refractivity contribution < 1.29 is 4.52 Å². The van der Waals surface area contributed by atoms with Crippen LogP contribution < -0.4 is 10.6 Å². The molecule has 2 aromatic heterocycles. The van der Waals surface area contributed by atoms with Crippen LogP contribution in [-0.2, 0) is 13.0 Å². The molecule has 2 N–H and O–H groups in total. The maximum atomic E-state index is 5.75. The van der Waals surface area contributed by atoms with Crippen molar-refractivity contribution in [3.05, 3.63) is 53.9 Å². The van der Waals surface area contributed by atoms with E-state index in [2.05, 4.69) is 20.0 Å². The minimum atomic E-state index is 0.476. The predicted octanol–water partition coefficient (Wildman–Crippen LogP) is 2.28. The van der Waals surface area contributed by atoms with Crippen molar-refractivity contribution in [2.75, 3.05) is 17.2 Å². The number of nitrogens with two attached hydrogens (primary N) is 1. The summed E-state index contributed by atoms with van der Waals surface area (Å²) in [5, 5.41) is 4.25. The summed E-state index contributed by atoms with van der Waals surface area (Å²) in [5.41, 5.74) is 8.80. The Morgan fingerprint density at radius 2 is 2.00 bits per heavy atom. The molecule has 3 heterocycles. The van der Waals surface area contributed by atoms with Gasteiger partial charge in [0.25, 0.3) is 0 Å². The molecule has 0 saturated carbocycles. The second-order valence-electron chi connectivity index (χ2n) is 5.25. The molecule has 0 bridgehead atoms. The fourth-order valence-corrected chi connectivity index (χ4v) is 2.72. The lowest BCUT2D eigenvalue weighted by Crippen LogP contribution is -2.31. The zero-order chi connectivity index (χ0) is 14.9. The Morgan fingerprint density at radius 3 is 2.82 bits per heavy atom. The van der Waals surface area contributed by atoms with Crippen LogP contribution in [0.1, 0.15) is 11.3 Å². The first-order valence-electron chi connectivity index (χ1n) is 7.17. The van der Waals surface area contributed by atoms with Crippen LogP contribution in [-0.4, -0.2) is 21.7 Å². The Bertz CT molecular complexity index is 799. The second-order valence-corrected chi connectivity index (χ2v) is 5.25. The molecule has 0 amide bonds. The summed E-state index contributed by atoms with van der Waals surface area (Å²) >= 11 is 0. The Labute approximate surface area is 127 Å². The number of fused-ring (bicyclic) bond motifs is 1. The third-order valence-corrected chi connectivity index (χ3v) is 3.82. The van der Waals surface area contributed by atoms with Crippen molar-refractivity contribution in [3.63, 3.8) is 0 Å². The van der Waals surface area contributed by atoms with E-state index in [0.29, 0.717) is 18.3 Å². The van der Waals surface area contributed by atoms with Gasteiger partial charge >= 0.3 is 0 Å². The quantitative estimate of drug-likeness (QED) is 0.780. The summed E-state index contributed by atoms with van der Waals surface area (Å²) in [7, 11) is 0. The van der Waals surface area contributed by atoms with Gasteiger partial charge in [0, 0.05) is 30.3 Å². The summed E-state index contributed by atoms with van der Waals surface area (Å²) in [6, 6.07) is 11.7. The van der Waals surface area contributed by atoms with Gasteiger partial charge in [-0.2, -0.15) is 4.98 Å². The van der Waals surface area contributed by atoms with Crippen LogP contribution in [0.5, 0.6) is 0 Å². The van der Waals surface area contributed by atoms with Gasteiger partial charge in [-0.25, -0.2) is 4.98 Å². The molecule has 22 heavy (non-hydrogen) atoms. The average molecular weight is 293 g/mol. The van der Waals surface area contributed by atoms with Gasteiger partial charge in [-0.15, -0.1) is 0 Å². The maximum absolute atomic E-state index is 5.75. The van der Waals surface area contributed by atoms with Crippen LogP contribution in [0.15, 0.2) is 47.1 Å². The topological polar surface area (TPSA) is 81.1 Å². The van der Waals surface area contributed by atoms with Crippen LogP contribution in [0.25, 0.3) is 11.3 Å². The van der Waals surface area contributed by atoms with E-state index in [1.54, 1.807) is 12.3 Å². The van der Waals surface area contributed by atoms with Gasteiger partial charge in [0.2, 0.25) is 5.95 Å². The van der Waals surface area contributed by atoms with E-state index in [-0.39, 0.29) is 0 Å². The standard InChI is InChI=1S/C16H15N5O/c17-14-6-8-18-16(19-14)21-9-7-13-12(10-21)15(20-22-13)11-4-2-1-3-5-11/h1-6,8H,7,9-10H2,(H2,17,18,19). The molecule has 110 valence electrons. The summed E-state index contributed by atoms with van der Waals surface area (Å²) in [6.45, 7) is 1.46. The van der Waals surface area contributed by atoms with Crippen molar-refractivity contribution >= 4 is 11.8 Å². The highest BCUT2D eigenvalue weighted by atomic mass is 16.5. The van der Waals surface area contributed by atoms with Crippen molar-refractivity contribution in [2.45, 2.75) is 13.0 Å². The van der Waals surface area contributed by atoms with Gasteiger partial charge in [-0.05, 0) is 6.07 Å². The lowest BCUT2D eigenvalue weighted by molar-refractivity contribution is 0.378. The molecule has 1 aromatic carbocycles. The van der Waals surface area contributed by atoms with Gasteiger partial charge in [-0.1, -0.05) is 35.5 Å². The number of anilines is 2. The number of hydrogen-bond acceptors (Lipinski definition) is 6. The van der Waals surface area contributed by atoms with Crippen molar-refractivity contribution in [2.24, 2.45) is 0 Å². The molecule has 6 nitrogen and oxygen atoms in total. The van der Waals surface area contributed by atoms with Gasteiger partial charge < -0.3 is 15.2 Å². The molecule has 0 unspecified atom stereocenters.